The van der Waals surface area contributed by atoms with Gasteiger partial charge in [-0.2, -0.15) is 4.99 Å². The number of isocyanates is 1. The van der Waals surface area contributed by atoms with Crippen molar-refractivity contribution >= 4 is 18.1 Å². The lowest BCUT2D eigenvalue weighted by Crippen LogP contribution is -2.46. The molecule has 1 fully saturated rings. The van der Waals surface area contributed by atoms with E-state index in [1.54, 1.807) is 6.92 Å². The Kier molecular flexibility index (Phi) is 7.17. The first-order valence-corrected chi connectivity index (χ1v) is 8.08. The molecule has 0 radical (unpaired) electrons. The number of carbonyl (C=O) groups excluding carboxylic acids is 3. The van der Waals surface area contributed by atoms with Gasteiger partial charge in [-0.3, -0.25) is 4.90 Å². The maximum atomic E-state index is 12.4. The third-order valence-corrected chi connectivity index (χ3v) is 4.04. The van der Waals surface area contributed by atoms with Crippen LogP contribution in [-0.4, -0.2) is 42.4 Å². The molecule has 0 aromatic carbocycles. The van der Waals surface area contributed by atoms with Crippen molar-refractivity contribution in [1.29, 1.82) is 0 Å². The molecule has 0 spiro atoms. The van der Waals surface area contributed by atoms with Gasteiger partial charge < -0.3 is 9.47 Å². The van der Waals surface area contributed by atoms with Gasteiger partial charge in [0.25, 0.3) is 0 Å². The number of nitrogens with zero attached hydrogens (tertiary/aromatic N) is 2. The van der Waals surface area contributed by atoms with Crippen LogP contribution in [0.1, 0.15) is 47.0 Å². The summed E-state index contributed by atoms with van der Waals surface area (Å²) in [5.74, 6) is -0.755. The zero-order valence-electron chi connectivity index (χ0n) is 14.8. The summed E-state index contributed by atoms with van der Waals surface area (Å²) in [6.45, 7) is 11.4. The molecular weight excluding hydrogens is 312 g/mol. The topological polar surface area (TPSA) is 85.3 Å². The van der Waals surface area contributed by atoms with Crippen LogP contribution in [0.15, 0.2) is 17.3 Å². The zero-order valence-corrected chi connectivity index (χ0v) is 14.8. The van der Waals surface area contributed by atoms with E-state index >= 15 is 0 Å². The molecule has 1 aliphatic carbocycles. The van der Waals surface area contributed by atoms with Crippen LogP contribution >= 0.6 is 0 Å². The molecule has 7 nitrogen and oxygen atoms in total. The largest absolute Gasteiger partial charge is 0.460 e. The number of hydrogen-bond donors (Lipinski definition) is 0. The predicted molar refractivity (Wildman–Crippen MR) is 87.7 cm³/mol. The minimum absolute atomic E-state index is 0.0594. The normalized spacial score (nSPS) is 22.0. The third-order valence-electron chi connectivity index (χ3n) is 4.04. The van der Waals surface area contributed by atoms with Crippen molar-refractivity contribution in [3.63, 3.8) is 0 Å². The van der Waals surface area contributed by atoms with E-state index in [1.807, 2.05) is 0 Å². The molecule has 0 N–H and O–H groups in total. The highest BCUT2D eigenvalue weighted by Crippen LogP contribution is 2.40. The molecule has 1 aliphatic rings. The quantitative estimate of drug-likeness (QED) is 0.244. The van der Waals surface area contributed by atoms with E-state index in [-0.39, 0.29) is 30.5 Å². The predicted octanol–water partition coefficient (Wildman–Crippen LogP) is 3.01. The Morgan fingerprint density at radius 3 is 2.58 bits per heavy atom. The second-order valence-corrected chi connectivity index (χ2v) is 6.94. The van der Waals surface area contributed by atoms with Crippen LogP contribution in [-0.2, 0) is 19.1 Å². The molecule has 2 atom stereocenters. The van der Waals surface area contributed by atoms with Crippen molar-refractivity contribution in [2.24, 2.45) is 16.3 Å². The molecule has 7 heteroatoms. The highest BCUT2D eigenvalue weighted by Gasteiger charge is 2.37. The van der Waals surface area contributed by atoms with Gasteiger partial charge >= 0.3 is 12.1 Å². The van der Waals surface area contributed by atoms with Crippen LogP contribution < -0.4 is 0 Å². The molecule has 134 valence electrons. The van der Waals surface area contributed by atoms with E-state index in [4.69, 9.17) is 9.47 Å². The van der Waals surface area contributed by atoms with Crippen LogP contribution in [0.3, 0.4) is 0 Å². The van der Waals surface area contributed by atoms with Crippen LogP contribution in [0.5, 0.6) is 0 Å². The Labute approximate surface area is 142 Å². The molecule has 1 rings (SSSR count). The van der Waals surface area contributed by atoms with E-state index < -0.39 is 12.1 Å². The Bertz CT molecular complexity index is 537. The summed E-state index contributed by atoms with van der Waals surface area (Å²) in [6, 6.07) is -0.136. The molecule has 0 aromatic heterocycles. The second kappa shape index (κ2) is 8.64. The van der Waals surface area contributed by atoms with Gasteiger partial charge in [0.1, 0.15) is 6.67 Å². The Hall–Kier alpha value is -2.14. The van der Waals surface area contributed by atoms with Crippen molar-refractivity contribution in [3.05, 3.63) is 12.3 Å². The van der Waals surface area contributed by atoms with Gasteiger partial charge in [0.15, 0.2) is 0 Å². The highest BCUT2D eigenvalue weighted by atomic mass is 16.6. The monoisotopic (exact) mass is 338 g/mol. The first-order chi connectivity index (χ1) is 11.2. The fourth-order valence-corrected chi connectivity index (χ4v) is 3.38. The molecular formula is C17H26N2O5. The molecule has 0 aliphatic heterocycles. The summed E-state index contributed by atoms with van der Waals surface area (Å²) in [6.07, 6.45) is 3.26. The van der Waals surface area contributed by atoms with Crippen molar-refractivity contribution in [2.45, 2.75) is 53.0 Å². The van der Waals surface area contributed by atoms with E-state index in [2.05, 4.69) is 32.3 Å². The number of rotatable bonds is 6. The van der Waals surface area contributed by atoms with Crippen LogP contribution in [0.2, 0.25) is 0 Å². The zero-order chi connectivity index (χ0) is 18.3. The lowest BCUT2D eigenvalue weighted by Gasteiger charge is -2.42. The van der Waals surface area contributed by atoms with Gasteiger partial charge in [0.05, 0.1) is 6.61 Å². The summed E-state index contributed by atoms with van der Waals surface area (Å²) in [5, 5.41) is 0. The van der Waals surface area contributed by atoms with Gasteiger partial charge in [0.2, 0.25) is 11.8 Å². The smallest absolute Gasteiger partial charge is 0.417 e. The molecule has 2 unspecified atom stereocenters. The van der Waals surface area contributed by atoms with Crippen molar-refractivity contribution in [1.82, 2.24) is 4.90 Å². The minimum atomic E-state index is -0.790. The third kappa shape index (κ3) is 5.81. The number of amides is 1. The van der Waals surface area contributed by atoms with E-state index in [0.29, 0.717) is 5.92 Å². The highest BCUT2D eigenvalue weighted by molar-refractivity contribution is 5.88. The standard InChI is InChI=1S/C17H26N2O5/c1-6-23-15(21)13(3)24-16(22)19(10-18-11-20)14-7-12(2)8-17(4,5)9-14/h12,14H,3,6-10H2,1-2,4-5H3. The maximum absolute atomic E-state index is 12.4. The summed E-state index contributed by atoms with van der Waals surface area (Å²) in [7, 11) is 0. The molecule has 1 amide bonds. The second-order valence-electron chi connectivity index (χ2n) is 6.94. The first kappa shape index (κ1) is 19.9. The first-order valence-electron chi connectivity index (χ1n) is 8.08. The van der Waals surface area contributed by atoms with Gasteiger partial charge in [-0.15, -0.1) is 0 Å². The lowest BCUT2D eigenvalue weighted by molar-refractivity contribution is -0.141. The minimum Gasteiger partial charge on any atom is -0.460 e. The fraction of sp³-hybridized carbons (Fsp3) is 0.706. The summed E-state index contributed by atoms with van der Waals surface area (Å²) in [4.78, 5) is 39.3. The number of hydrogen-bond acceptors (Lipinski definition) is 6. The Balaban J connectivity index is 2.87. The average molecular weight is 338 g/mol. The number of aliphatic imine (C=N–C) groups is 1. The number of ether oxygens (including phenoxy) is 2. The maximum Gasteiger partial charge on any atom is 0.417 e. The van der Waals surface area contributed by atoms with Crippen LogP contribution in [0.4, 0.5) is 4.79 Å². The molecule has 1 saturated carbocycles. The summed E-state index contributed by atoms with van der Waals surface area (Å²) >= 11 is 0. The van der Waals surface area contributed by atoms with Gasteiger partial charge in [-0.25, -0.2) is 14.4 Å². The summed E-state index contributed by atoms with van der Waals surface area (Å²) in [5.41, 5.74) is 0.0594. The molecule has 0 bridgehead atoms. The van der Waals surface area contributed by atoms with Crippen LogP contribution in [0, 0.1) is 11.3 Å². The number of carbonyl (C=O) groups is 2. The Morgan fingerprint density at radius 1 is 1.38 bits per heavy atom. The molecule has 0 heterocycles. The Morgan fingerprint density at radius 2 is 2.04 bits per heavy atom. The van der Waals surface area contributed by atoms with Gasteiger partial charge in [-0.05, 0) is 44.1 Å². The number of esters is 1. The van der Waals surface area contributed by atoms with Crippen molar-refractivity contribution in [3.8, 4) is 0 Å². The van der Waals surface area contributed by atoms with Crippen LogP contribution in [0.25, 0.3) is 0 Å². The average Bonchev–Trinajstić information content (AvgIpc) is 2.45. The van der Waals surface area contributed by atoms with Gasteiger partial charge in [-0.1, -0.05) is 20.8 Å². The molecule has 0 aromatic rings. The van der Waals surface area contributed by atoms with E-state index in [0.717, 1.165) is 19.3 Å². The van der Waals surface area contributed by atoms with Crippen molar-refractivity contribution < 1.29 is 23.9 Å². The van der Waals surface area contributed by atoms with E-state index in [1.165, 1.54) is 11.0 Å². The van der Waals surface area contributed by atoms with Gasteiger partial charge in [0, 0.05) is 6.04 Å². The fourth-order valence-electron chi connectivity index (χ4n) is 3.38. The lowest BCUT2D eigenvalue weighted by atomic mass is 9.70. The van der Waals surface area contributed by atoms with E-state index in [9.17, 15) is 14.4 Å². The molecule has 24 heavy (non-hydrogen) atoms. The SMILES string of the molecule is C=C(OC(=O)N(CN=C=O)C1CC(C)CC(C)(C)C1)C(=O)OCC. The summed E-state index contributed by atoms with van der Waals surface area (Å²) < 4.78 is 9.75. The van der Waals surface area contributed by atoms with Crippen molar-refractivity contribution in [2.75, 3.05) is 13.3 Å². The molecule has 0 saturated heterocycles.